The average molecular weight is 339 g/mol. The zero-order valence-corrected chi connectivity index (χ0v) is 15.0. The van der Waals surface area contributed by atoms with E-state index in [1.165, 1.54) is 5.56 Å². The molecule has 25 heavy (non-hydrogen) atoms. The van der Waals surface area contributed by atoms with E-state index in [2.05, 4.69) is 24.4 Å². The van der Waals surface area contributed by atoms with E-state index >= 15 is 0 Å². The van der Waals surface area contributed by atoms with Crippen LogP contribution in [0.15, 0.2) is 54.6 Å². The monoisotopic (exact) mass is 339 g/mol. The molecule has 0 amide bonds. The number of benzene rings is 2. The van der Waals surface area contributed by atoms with Gasteiger partial charge in [0.2, 0.25) is 0 Å². The number of hydrogen-bond acceptors (Lipinski definition) is 3. The molecular formula is C22H29NO2. The summed E-state index contributed by atoms with van der Waals surface area (Å²) < 4.78 is 0. The molecule has 0 bridgehead atoms. The lowest BCUT2D eigenvalue weighted by molar-refractivity contribution is -0.00803. The normalized spacial score (nSPS) is 24.8. The SMILES string of the molecule is CC1CCC(O)(CNCC(O)c2ccc(-c3ccccc3)cc2)CC1. The van der Waals surface area contributed by atoms with Crippen molar-refractivity contribution >= 4 is 0 Å². The van der Waals surface area contributed by atoms with Crippen LogP contribution in [-0.2, 0) is 0 Å². The van der Waals surface area contributed by atoms with Gasteiger partial charge in [0.05, 0.1) is 11.7 Å². The van der Waals surface area contributed by atoms with Gasteiger partial charge in [-0.1, -0.05) is 61.5 Å². The van der Waals surface area contributed by atoms with Crippen LogP contribution in [0, 0.1) is 5.92 Å². The van der Waals surface area contributed by atoms with Crippen molar-refractivity contribution in [2.75, 3.05) is 13.1 Å². The molecule has 1 unspecified atom stereocenters. The Kier molecular flexibility index (Phi) is 5.89. The smallest absolute Gasteiger partial charge is 0.0914 e. The van der Waals surface area contributed by atoms with E-state index in [0.717, 1.165) is 36.8 Å². The second-order valence-electron chi connectivity index (χ2n) is 7.54. The van der Waals surface area contributed by atoms with Crippen LogP contribution in [0.1, 0.15) is 44.3 Å². The Balaban J connectivity index is 1.51. The van der Waals surface area contributed by atoms with Crippen molar-refractivity contribution in [2.45, 2.75) is 44.3 Å². The number of nitrogens with one attached hydrogen (secondary N) is 1. The van der Waals surface area contributed by atoms with Gasteiger partial charge in [0.15, 0.2) is 0 Å². The van der Waals surface area contributed by atoms with Crippen LogP contribution in [0.2, 0.25) is 0 Å². The molecule has 134 valence electrons. The van der Waals surface area contributed by atoms with Crippen LogP contribution in [0.4, 0.5) is 0 Å². The van der Waals surface area contributed by atoms with Crippen molar-refractivity contribution in [2.24, 2.45) is 5.92 Å². The molecule has 3 nitrogen and oxygen atoms in total. The van der Waals surface area contributed by atoms with Crippen molar-refractivity contribution in [3.8, 4) is 11.1 Å². The molecule has 0 spiro atoms. The van der Waals surface area contributed by atoms with Gasteiger partial charge in [-0.05, 0) is 48.3 Å². The molecule has 3 N–H and O–H groups in total. The number of hydrogen-bond donors (Lipinski definition) is 3. The summed E-state index contributed by atoms with van der Waals surface area (Å²) in [5.74, 6) is 0.717. The summed E-state index contributed by atoms with van der Waals surface area (Å²) in [4.78, 5) is 0. The first-order valence-corrected chi connectivity index (χ1v) is 9.32. The fourth-order valence-electron chi connectivity index (χ4n) is 3.56. The summed E-state index contributed by atoms with van der Waals surface area (Å²) in [7, 11) is 0. The van der Waals surface area contributed by atoms with Gasteiger partial charge in [-0.3, -0.25) is 0 Å². The maximum absolute atomic E-state index is 10.6. The third kappa shape index (κ3) is 4.91. The molecule has 1 aliphatic rings. The Morgan fingerprint density at radius 3 is 2.24 bits per heavy atom. The van der Waals surface area contributed by atoms with Crippen molar-refractivity contribution in [1.29, 1.82) is 0 Å². The lowest BCUT2D eigenvalue weighted by atomic mass is 9.79. The minimum absolute atomic E-state index is 0.461. The average Bonchev–Trinajstić information content (AvgIpc) is 2.65. The molecule has 0 aliphatic heterocycles. The first-order chi connectivity index (χ1) is 12.1. The summed E-state index contributed by atoms with van der Waals surface area (Å²) in [5, 5.41) is 24.2. The Hall–Kier alpha value is -1.68. The van der Waals surface area contributed by atoms with E-state index in [9.17, 15) is 10.2 Å². The van der Waals surface area contributed by atoms with Crippen LogP contribution in [-0.4, -0.2) is 28.9 Å². The predicted octanol–water partition coefficient (Wildman–Crippen LogP) is 3.92. The molecule has 1 atom stereocenters. The fraction of sp³-hybridized carbons (Fsp3) is 0.455. The molecule has 0 radical (unpaired) electrons. The zero-order valence-electron chi connectivity index (χ0n) is 15.0. The Morgan fingerprint density at radius 1 is 1.00 bits per heavy atom. The highest BCUT2D eigenvalue weighted by atomic mass is 16.3. The van der Waals surface area contributed by atoms with Crippen molar-refractivity contribution in [3.63, 3.8) is 0 Å². The molecule has 0 saturated heterocycles. The van der Waals surface area contributed by atoms with E-state index < -0.39 is 11.7 Å². The van der Waals surface area contributed by atoms with E-state index in [1.54, 1.807) is 0 Å². The van der Waals surface area contributed by atoms with Gasteiger partial charge in [-0.2, -0.15) is 0 Å². The van der Waals surface area contributed by atoms with Gasteiger partial charge in [0, 0.05) is 13.1 Å². The molecular weight excluding hydrogens is 310 g/mol. The standard InChI is InChI=1S/C22H29NO2/c1-17-11-13-22(25,14-12-17)16-23-15-21(24)20-9-7-19(8-10-20)18-5-3-2-4-6-18/h2-10,17,21,23-25H,11-16H2,1H3. The van der Waals surface area contributed by atoms with Gasteiger partial charge in [0.1, 0.15) is 0 Å². The quantitative estimate of drug-likeness (QED) is 0.748. The van der Waals surface area contributed by atoms with Crippen molar-refractivity contribution in [3.05, 3.63) is 60.2 Å². The second-order valence-corrected chi connectivity index (χ2v) is 7.54. The number of aliphatic hydroxyl groups excluding tert-OH is 1. The van der Waals surface area contributed by atoms with Gasteiger partial charge in [-0.15, -0.1) is 0 Å². The summed E-state index contributed by atoms with van der Waals surface area (Å²) in [6, 6.07) is 18.3. The van der Waals surface area contributed by atoms with Crippen LogP contribution in [0.25, 0.3) is 11.1 Å². The third-order valence-corrected chi connectivity index (χ3v) is 5.40. The zero-order chi connectivity index (χ0) is 17.7. The van der Waals surface area contributed by atoms with Gasteiger partial charge in [0.25, 0.3) is 0 Å². The molecule has 3 heteroatoms. The molecule has 2 aromatic rings. The molecule has 0 aromatic heterocycles. The number of aliphatic hydroxyl groups is 2. The second kappa shape index (κ2) is 8.13. The summed E-state index contributed by atoms with van der Waals surface area (Å²) in [5.41, 5.74) is 2.62. The van der Waals surface area contributed by atoms with Crippen molar-refractivity contribution in [1.82, 2.24) is 5.32 Å². The van der Waals surface area contributed by atoms with Crippen molar-refractivity contribution < 1.29 is 10.2 Å². The summed E-state index contributed by atoms with van der Waals surface area (Å²) in [6.07, 6.45) is 3.31. The molecule has 1 saturated carbocycles. The van der Waals surface area contributed by atoms with Crippen LogP contribution < -0.4 is 5.32 Å². The highest BCUT2D eigenvalue weighted by molar-refractivity contribution is 5.63. The largest absolute Gasteiger partial charge is 0.389 e. The summed E-state index contributed by atoms with van der Waals surface area (Å²) in [6.45, 7) is 3.26. The van der Waals surface area contributed by atoms with Crippen LogP contribution in [0.5, 0.6) is 0 Å². The Labute approximate surface area is 150 Å². The lowest BCUT2D eigenvalue weighted by Crippen LogP contribution is -2.44. The van der Waals surface area contributed by atoms with E-state index in [-0.39, 0.29) is 0 Å². The Morgan fingerprint density at radius 2 is 1.60 bits per heavy atom. The molecule has 2 aromatic carbocycles. The Bertz CT molecular complexity index is 645. The van der Waals surface area contributed by atoms with E-state index in [0.29, 0.717) is 19.0 Å². The van der Waals surface area contributed by atoms with Gasteiger partial charge in [-0.25, -0.2) is 0 Å². The molecule has 0 heterocycles. The van der Waals surface area contributed by atoms with Gasteiger partial charge >= 0.3 is 0 Å². The molecule has 3 rings (SSSR count). The first-order valence-electron chi connectivity index (χ1n) is 9.32. The highest BCUT2D eigenvalue weighted by Crippen LogP contribution is 2.31. The molecule has 1 aliphatic carbocycles. The number of rotatable bonds is 6. The minimum atomic E-state index is -0.608. The predicted molar refractivity (Wildman–Crippen MR) is 102 cm³/mol. The highest BCUT2D eigenvalue weighted by Gasteiger charge is 2.31. The van der Waals surface area contributed by atoms with E-state index in [1.807, 2.05) is 42.5 Å². The lowest BCUT2D eigenvalue weighted by Gasteiger charge is -2.35. The van der Waals surface area contributed by atoms with Gasteiger partial charge < -0.3 is 15.5 Å². The van der Waals surface area contributed by atoms with Crippen LogP contribution >= 0.6 is 0 Å². The van der Waals surface area contributed by atoms with E-state index in [4.69, 9.17) is 0 Å². The molecule has 1 fully saturated rings. The third-order valence-electron chi connectivity index (χ3n) is 5.40. The first kappa shape index (κ1) is 18.1. The minimum Gasteiger partial charge on any atom is -0.389 e. The summed E-state index contributed by atoms with van der Waals surface area (Å²) >= 11 is 0. The fourth-order valence-corrected chi connectivity index (χ4v) is 3.56. The van der Waals surface area contributed by atoms with Crippen LogP contribution in [0.3, 0.4) is 0 Å². The topological polar surface area (TPSA) is 52.5 Å². The maximum atomic E-state index is 10.6. The maximum Gasteiger partial charge on any atom is 0.0914 e.